The van der Waals surface area contributed by atoms with Crippen LogP contribution < -0.4 is 0 Å². The van der Waals surface area contributed by atoms with Crippen molar-refractivity contribution in [2.75, 3.05) is 6.61 Å². The Morgan fingerprint density at radius 2 is 2.00 bits per heavy atom. The summed E-state index contributed by atoms with van der Waals surface area (Å²) in [5.74, 6) is -3.44. The molecule has 2 unspecified atom stereocenters. The van der Waals surface area contributed by atoms with E-state index in [4.69, 9.17) is 16.7 Å². The predicted octanol–water partition coefficient (Wildman–Crippen LogP) is 3.19. The molecule has 0 radical (unpaired) electrons. The third kappa shape index (κ3) is 2.18. The van der Waals surface area contributed by atoms with Crippen molar-refractivity contribution in [3.63, 3.8) is 0 Å². The molecule has 0 heterocycles. The largest absolute Gasteiger partial charge is 0.489 e. The second kappa shape index (κ2) is 4.33. The Balaban J connectivity index is 3.06. The van der Waals surface area contributed by atoms with Crippen molar-refractivity contribution in [3.8, 4) is 0 Å². The highest BCUT2D eigenvalue weighted by Gasteiger charge is 2.75. The van der Waals surface area contributed by atoms with Crippen molar-refractivity contribution in [1.82, 2.24) is 0 Å². The summed E-state index contributed by atoms with van der Waals surface area (Å²) < 4.78 is 42.4. The summed E-state index contributed by atoms with van der Waals surface area (Å²) in [6.07, 6.45) is -3.88. The zero-order chi connectivity index (χ0) is 14.4. The fourth-order valence-electron chi connectivity index (χ4n) is 2.01. The molecule has 1 rings (SSSR count). The maximum atomic E-state index is 12.6. The Hall–Kier alpha value is -0.910. The van der Waals surface area contributed by atoms with Crippen LogP contribution in [0, 0.1) is 11.3 Å². The molecule has 0 spiro atoms. The molecule has 1 aliphatic rings. The zero-order valence-electron chi connectivity index (χ0n) is 10.1. The fraction of sp³-hybridized carbons (Fsp3) is 0.727. The molecule has 104 valence electrons. The van der Waals surface area contributed by atoms with Crippen molar-refractivity contribution in [3.05, 3.63) is 11.8 Å². The number of hydrogen-bond acceptors (Lipinski definition) is 2. The van der Waals surface area contributed by atoms with Gasteiger partial charge in [0, 0.05) is 11.3 Å². The minimum absolute atomic E-state index is 0.152. The van der Waals surface area contributed by atoms with Gasteiger partial charge in [0.1, 0.15) is 0 Å². The monoisotopic (exact) mass is 286 g/mol. The van der Waals surface area contributed by atoms with Crippen molar-refractivity contribution in [1.29, 1.82) is 0 Å². The van der Waals surface area contributed by atoms with Crippen LogP contribution in [-0.2, 0) is 9.53 Å². The van der Waals surface area contributed by atoms with E-state index in [9.17, 15) is 18.0 Å². The average molecular weight is 287 g/mol. The van der Waals surface area contributed by atoms with E-state index in [1.54, 1.807) is 0 Å². The highest BCUT2D eigenvalue weighted by atomic mass is 35.5. The summed E-state index contributed by atoms with van der Waals surface area (Å²) >= 11 is 5.86. The van der Waals surface area contributed by atoms with E-state index in [0.29, 0.717) is 0 Å². The van der Waals surface area contributed by atoms with Crippen molar-refractivity contribution in [2.45, 2.75) is 31.8 Å². The van der Waals surface area contributed by atoms with Gasteiger partial charge >= 0.3 is 12.1 Å². The Morgan fingerprint density at radius 3 is 2.28 bits per heavy atom. The Morgan fingerprint density at radius 1 is 1.50 bits per heavy atom. The summed E-state index contributed by atoms with van der Waals surface area (Å²) in [4.78, 5) is 9.31. The first-order valence-electron chi connectivity index (χ1n) is 5.33. The minimum atomic E-state index is -4.65. The lowest BCUT2D eigenvalue weighted by Crippen LogP contribution is -2.22. The first-order valence-corrected chi connectivity index (χ1v) is 5.71. The molecule has 0 aromatic rings. The molecule has 3 nitrogen and oxygen atoms in total. The van der Waals surface area contributed by atoms with Crippen LogP contribution in [0.25, 0.3) is 0 Å². The van der Waals surface area contributed by atoms with E-state index in [0.717, 1.165) is 6.08 Å². The van der Waals surface area contributed by atoms with E-state index in [-0.39, 0.29) is 6.61 Å². The van der Waals surface area contributed by atoms with E-state index < -0.39 is 34.1 Å². The Kier molecular flexibility index (Phi) is 3.64. The second-order valence-electron chi connectivity index (χ2n) is 4.68. The van der Waals surface area contributed by atoms with Gasteiger partial charge < -0.3 is 9.84 Å². The third-order valence-corrected chi connectivity index (χ3v) is 4.15. The van der Waals surface area contributed by atoms with E-state index in [2.05, 4.69) is 4.74 Å². The molecule has 0 saturated heterocycles. The van der Waals surface area contributed by atoms with Gasteiger partial charge in [-0.1, -0.05) is 13.8 Å². The molecule has 0 bridgehead atoms. The number of allylic oxidation sites excluding steroid dienone is 2. The number of rotatable bonds is 4. The number of ether oxygens (including phenoxy) is 1. The molecule has 2 atom stereocenters. The van der Waals surface area contributed by atoms with Crippen molar-refractivity contribution < 1.29 is 27.8 Å². The van der Waals surface area contributed by atoms with Gasteiger partial charge in [-0.25, -0.2) is 0 Å². The van der Waals surface area contributed by atoms with Crippen LogP contribution in [0.3, 0.4) is 0 Å². The second-order valence-corrected chi connectivity index (χ2v) is 5.27. The molecule has 1 aliphatic carbocycles. The van der Waals surface area contributed by atoms with Crippen LogP contribution >= 0.6 is 11.6 Å². The molecular formula is C11H14ClF3O3. The lowest BCUT2D eigenvalue weighted by Gasteiger charge is -2.12. The number of alkyl halides is 4. The highest BCUT2D eigenvalue weighted by molar-refractivity contribution is 6.37. The molecule has 1 fully saturated rings. The van der Waals surface area contributed by atoms with Crippen LogP contribution in [0.15, 0.2) is 11.8 Å². The third-order valence-electron chi connectivity index (χ3n) is 3.27. The van der Waals surface area contributed by atoms with E-state index in [1.165, 1.54) is 20.8 Å². The summed E-state index contributed by atoms with van der Waals surface area (Å²) in [7, 11) is 0. The molecule has 0 aromatic heterocycles. The molecule has 1 saturated carbocycles. The number of hydrogen-bond donors (Lipinski definition) is 1. The number of aliphatic carboxylic acids is 1. The van der Waals surface area contributed by atoms with Gasteiger partial charge in [0.15, 0.2) is 10.6 Å². The van der Waals surface area contributed by atoms with Gasteiger partial charge in [-0.2, -0.15) is 13.2 Å². The van der Waals surface area contributed by atoms with Crippen molar-refractivity contribution in [2.24, 2.45) is 11.3 Å². The maximum Gasteiger partial charge on any atom is 0.448 e. The lowest BCUT2D eigenvalue weighted by molar-refractivity contribution is -0.138. The summed E-state index contributed by atoms with van der Waals surface area (Å²) in [5.41, 5.74) is -0.950. The molecule has 0 amide bonds. The quantitative estimate of drug-likeness (QED) is 0.638. The van der Waals surface area contributed by atoms with Crippen LogP contribution in [0.1, 0.15) is 20.8 Å². The Labute approximate surface area is 108 Å². The van der Waals surface area contributed by atoms with Crippen LogP contribution in [0.2, 0.25) is 0 Å². The standard InChI is InChI=1S/C11H14ClF3O3/c1-4-18-7(11(13,14)15)5-6-9(2,3)10(6,12)8(16)17/h5-6H,4H2,1-3H3,(H,16,17). The predicted molar refractivity (Wildman–Crippen MR) is 59.3 cm³/mol. The topological polar surface area (TPSA) is 46.5 Å². The minimum Gasteiger partial charge on any atom is -0.489 e. The van der Waals surface area contributed by atoms with Gasteiger partial charge in [-0.3, -0.25) is 4.79 Å². The number of carbonyl (C=O) groups is 1. The lowest BCUT2D eigenvalue weighted by atomic mass is 10.1. The summed E-state index contributed by atoms with van der Waals surface area (Å²) in [6.45, 7) is 4.29. The van der Waals surface area contributed by atoms with Gasteiger partial charge in [-0.05, 0) is 13.0 Å². The fourth-order valence-corrected chi connectivity index (χ4v) is 2.41. The highest BCUT2D eigenvalue weighted by Crippen LogP contribution is 2.67. The normalized spacial score (nSPS) is 31.1. The van der Waals surface area contributed by atoms with E-state index in [1.807, 2.05) is 0 Å². The van der Waals surface area contributed by atoms with Gasteiger partial charge in [0.2, 0.25) is 0 Å². The number of carboxylic acid groups (broad SMARTS) is 1. The molecule has 7 heteroatoms. The SMILES string of the molecule is CCOC(=CC1C(C)(C)C1(Cl)C(=O)O)C(F)(F)F. The van der Waals surface area contributed by atoms with Gasteiger partial charge in [0.25, 0.3) is 0 Å². The summed E-state index contributed by atoms with van der Waals surface area (Å²) in [5, 5.41) is 8.98. The molecular weight excluding hydrogens is 273 g/mol. The molecule has 0 aliphatic heterocycles. The first kappa shape index (κ1) is 15.1. The summed E-state index contributed by atoms with van der Waals surface area (Å²) in [6, 6.07) is 0. The number of halogens is 4. The van der Waals surface area contributed by atoms with Crippen LogP contribution in [0.5, 0.6) is 0 Å². The number of carboxylic acids is 1. The van der Waals surface area contributed by atoms with Gasteiger partial charge in [0.05, 0.1) is 6.61 Å². The molecule has 1 N–H and O–H groups in total. The molecule has 18 heavy (non-hydrogen) atoms. The molecule has 0 aromatic carbocycles. The zero-order valence-corrected chi connectivity index (χ0v) is 10.9. The van der Waals surface area contributed by atoms with Crippen LogP contribution in [0.4, 0.5) is 13.2 Å². The smallest absolute Gasteiger partial charge is 0.448 e. The Bertz CT molecular complexity index is 389. The van der Waals surface area contributed by atoms with E-state index >= 15 is 0 Å². The average Bonchev–Trinajstić information content (AvgIpc) is 2.62. The van der Waals surface area contributed by atoms with Gasteiger partial charge in [-0.15, -0.1) is 11.6 Å². The first-order chi connectivity index (χ1) is 7.99. The maximum absolute atomic E-state index is 12.6. The van der Waals surface area contributed by atoms with Crippen LogP contribution in [-0.4, -0.2) is 28.7 Å². The van der Waals surface area contributed by atoms with Crippen molar-refractivity contribution >= 4 is 17.6 Å².